The highest BCUT2D eigenvalue weighted by Crippen LogP contribution is 2.17. The maximum Gasteiger partial charge on any atom is 0.191 e. The van der Waals surface area contributed by atoms with Crippen LogP contribution < -0.4 is 10.6 Å². The Morgan fingerprint density at radius 1 is 1.15 bits per heavy atom. The van der Waals surface area contributed by atoms with Gasteiger partial charge in [-0.25, -0.2) is 9.97 Å². The third-order valence-corrected chi connectivity index (χ3v) is 5.07. The highest BCUT2D eigenvalue weighted by Gasteiger charge is 2.06. The van der Waals surface area contributed by atoms with E-state index in [1.807, 2.05) is 12.5 Å². The lowest BCUT2D eigenvalue weighted by molar-refractivity contribution is 0.782. The number of hydrogen-bond donors (Lipinski definition) is 2. The topological polar surface area (TPSA) is 67.1 Å². The summed E-state index contributed by atoms with van der Waals surface area (Å²) >= 11 is 1.68. The van der Waals surface area contributed by atoms with E-state index in [-0.39, 0.29) is 0 Å². The number of aliphatic imine (C=N–C) groups is 1. The lowest BCUT2D eigenvalue weighted by Gasteiger charge is -2.11. The van der Waals surface area contributed by atoms with Gasteiger partial charge in [-0.1, -0.05) is 38.1 Å². The fourth-order valence-corrected chi connectivity index (χ4v) is 3.49. The van der Waals surface area contributed by atoms with Crippen molar-refractivity contribution in [1.82, 2.24) is 25.2 Å². The number of imidazole rings is 1. The van der Waals surface area contributed by atoms with Gasteiger partial charge in [-0.2, -0.15) is 0 Å². The second-order valence-electron chi connectivity index (χ2n) is 6.65. The Kier molecular flexibility index (Phi) is 6.59. The Morgan fingerprint density at radius 3 is 2.52 bits per heavy atom. The molecule has 0 unspecified atom stereocenters. The molecule has 2 aromatic heterocycles. The molecule has 2 N–H and O–H groups in total. The zero-order valence-electron chi connectivity index (χ0n) is 16.0. The van der Waals surface area contributed by atoms with Crippen LogP contribution in [-0.4, -0.2) is 27.5 Å². The lowest BCUT2D eigenvalue weighted by atomic mass is 10.1. The molecular weight excluding hydrogens is 356 g/mol. The van der Waals surface area contributed by atoms with Crippen molar-refractivity contribution in [2.75, 3.05) is 7.05 Å². The molecule has 0 bridgehead atoms. The van der Waals surface area contributed by atoms with E-state index in [1.54, 1.807) is 24.6 Å². The molecule has 0 aliphatic carbocycles. The molecule has 0 spiro atoms. The molecule has 2 heterocycles. The predicted molar refractivity (Wildman–Crippen MR) is 111 cm³/mol. The number of nitrogens with one attached hydrogen (secondary N) is 2. The summed E-state index contributed by atoms with van der Waals surface area (Å²) in [5, 5.41) is 9.88. The second kappa shape index (κ2) is 9.32. The largest absolute Gasteiger partial charge is 0.352 e. The van der Waals surface area contributed by atoms with Crippen LogP contribution in [0.1, 0.15) is 41.6 Å². The van der Waals surface area contributed by atoms with Crippen molar-refractivity contribution in [3.63, 3.8) is 0 Å². The van der Waals surface area contributed by atoms with Crippen LogP contribution in [0.25, 0.3) is 0 Å². The normalized spacial score (nSPS) is 11.8. The molecule has 6 nitrogen and oxygen atoms in total. The van der Waals surface area contributed by atoms with Crippen LogP contribution in [0.4, 0.5) is 0 Å². The average molecular weight is 383 g/mol. The zero-order chi connectivity index (χ0) is 19.1. The summed E-state index contributed by atoms with van der Waals surface area (Å²) in [7, 11) is 1.78. The number of benzene rings is 1. The maximum atomic E-state index is 4.64. The van der Waals surface area contributed by atoms with E-state index in [2.05, 4.69) is 73.7 Å². The summed E-state index contributed by atoms with van der Waals surface area (Å²) in [6, 6.07) is 8.58. The number of rotatable bonds is 7. The first kappa shape index (κ1) is 19.1. The van der Waals surface area contributed by atoms with Gasteiger partial charge in [-0.15, -0.1) is 11.3 Å². The van der Waals surface area contributed by atoms with Gasteiger partial charge in [0.15, 0.2) is 5.96 Å². The SMILES string of the molecule is CN=C(NCc1ccc(Cn2ccnc2)cc1)NCc1nc(C(C)C)cs1. The molecule has 0 fully saturated rings. The molecule has 1 aromatic carbocycles. The monoisotopic (exact) mass is 382 g/mol. The lowest BCUT2D eigenvalue weighted by Crippen LogP contribution is -2.36. The highest BCUT2D eigenvalue weighted by atomic mass is 32.1. The molecular formula is C20H26N6S. The number of nitrogens with zero attached hydrogens (tertiary/aromatic N) is 4. The minimum atomic E-state index is 0.462. The minimum Gasteiger partial charge on any atom is -0.352 e. The van der Waals surface area contributed by atoms with Gasteiger partial charge >= 0.3 is 0 Å². The van der Waals surface area contributed by atoms with E-state index >= 15 is 0 Å². The number of aromatic nitrogens is 3. The average Bonchev–Trinajstić information content (AvgIpc) is 3.35. The second-order valence-corrected chi connectivity index (χ2v) is 7.59. The Balaban J connectivity index is 1.47. The Bertz CT molecular complexity index is 849. The third-order valence-electron chi connectivity index (χ3n) is 4.20. The first-order chi connectivity index (χ1) is 13.1. The smallest absolute Gasteiger partial charge is 0.191 e. The fraction of sp³-hybridized carbons (Fsp3) is 0.350. The van der Waals surface area contributed by atoms with Crippen LogP contribution >= 0.6 is 11.3 Å². The predicted octanol–water partition coefficient (Wildman–Crippen LogP) is 3.38. The molecule has 142 valence electrons. The van der Waals surface area contributed by atoms with E-state index in [1.165, 1.54) is 11.1 Å². The Hall–Kier alpha value is -2.67. The third kappa shape index (κ3) is 5.65. The van der Waals surface area contributed by atoms with Gasteiger partial charge in [0, 0.05) is 37.9 Å². The van der Waals surface area contributed by atoms with Gasteiger partial charge in [-0.05, 0) is 17.0 Å². The van der Waals surface area contributed by atoms with Gasteiger partial charge < -0.3 is 15.2 Å². The van der Waals surface area contributed by atoms with Crippen molar-refractivity contribution in [2.45, 2.75) is 39.4 Å². The van der Waals surface area contributed by atoms with Crippen LogP contribution in [0.2, 0.25) is 0 Å². The van der Waals surface area contributed by atoms with E-state index in [4.69, 9.17) is 0 Å². The van der Waals surface area contributed by atoms with Gasteiger partial charge in [0.1, 0.15) is 5.01 Å². The molecule has 0 saturated carbocycles. The molecule has 3 aromatic rings. The van der Waals surface area contributed by atoms with Crippen LogP contribution in [0, 0.1) is 0 Å². The van der Waals surface area contributed by atoms with Crippen molar-refractivity contribution >= 4 is 17.3 Å². The zero-order valence-corrected chi connectivity index (χ0v) is 16.8. The summed E-state index contributed by atoms with van der Waals surface area (Å²) in [6.45, 7) is 6.56. The number of hydrogen-bond acceptors (Lipinski definition) is 4. The molecule has 7 heteroatoms. The number of thiazole rings is 1. The summed E-state index contributed by atoms with van der Waals surface area (Å²) in [5.41, 5.74) is 3.61. The van der Waals surface area contributed by atoms with E-state index < -0.39 is 0 Å². The van der Waals surface area contributed by atoms with E-state index in [0.29, 0.717) is 12.5 Å². The molecule has 3 rings (SSSR count). The van der Waals surface area contributed by atoms with Crippen LogP contribution in [0.3, 0.4) is 0 Å². The summed E-state index contributed by atoms with van der Waals surface area (Å²) in [4.78, 5) is 13.0. The summed E-state index contributed by atoms with van der Waals surface area (Å²) in [6.07, 6.45) is 5.60. The minimum absolute atomic E-state index is 0.462. The Labute approximate surface area is 164 Å². The molecule has 0 aliphatic heterocycles. The molecule has 0 radical (unpaired) electrons. The van der Waals surface area contributed by atoms with Crippen molar-refractivity contribution in [2.24, 2.45) is 4.99 Å². The van der Waals surface area contributed by atoms with Crippen molar-refractivity contribution < 1.29 is 0 Å². The highest BCUT2D eigenvalue weighted by molar-refractivity contribution is 7.09. The maximum absolute atomic E-state index is 4.64. The van der Waals surface area contributed by atoms with E-state index in [0.717, 1.165) is 29.8 Å². The van der Waals surface area contributed by atoms with Crippen LogP contribution in [-0.2, 0) is 19.6 Å². The summed E-state index contributed by atoms with van der Waals surface area (Å²) < 4.78 is 2.06. The van der Waals surface area contributed by atoms with Gasteiger partial charge in [0.2, 0.25) is 0 Å². The molecule has 0 atom stereocenters. The van der Waals surface area contributed by atoms with Crippen molar-refractivity contribution in [3.8, 4) is 0 Å². The molecule has 0 aliphatic rings. The summed E-state index contributed by atoms with van der Waals surface area (Å²) in [5.74, 6) is 1.24. The van der Waals surface area contributed by atoms with Gasteiger partial charge in [0.05, 0.1) is 18.6 Å². The fourth-order valence-electron chi connectivity index (χ4n) is 2.59. The van der Waals surface area contributed by atoms with Gasteiger partial charge in [-0.3, -0.25) is 4.99 Å². The molecule has 27 heavy (non-hydrogen) atoms. The van der Waals surface area contributed by atoms with Crippen LogP contribution in [0.5, 0.6) is 0 Å². The first-order valence-electron chi connectivity index (χ1n) is 9.06. The standard InChI is InChI=1S/C20H26N6S/c1-15(2)18-13-27-19(25-18)11-24-20(21-3)23-10-16-4-6-17(7-5-16)12-26-9-8-22-14-26/h4-9,13-15H,10-12H2,1-3H3,(H2,21,23,24). The number of guanidine groups is 1. The van der Waals surface area contributed by atoms with Crippen LogP contribution in [0.15, 0.2) is 53.4 Å². The van der Waals surface area contributed by atoms with Crippen molar-refractivity contribution in [3.05, 3.63) is 70.2 Å². The Morgan fingerprint density at radius 2 is 1.89 bits per heavy atom. The van der Waals surface area contributed by atoms with Crippen molar-refractivity contribution in [1.29, 1.82) is 0 Å². The van der Waals surface area contributed by atoms with E-state index in [9.17, 15) is 0 Å². The quantitative estimate of drug-likeness (QED) is 0.486. The molecule has 0 amide bonds. The van der Waals surface area contributed by atoms with Gasteiger partial charge in [0.25, 0.3) is 0 Å². The molecule has 0 saturated heterocycles. The first-order valence-corrected chi connectivity index (χ1v) is 9.94.